The van der Waals surface area contributed by atoms with E-state index in [9.17, 15) is 0 Å². The van der Waals surface area contributed by atoms with Gasteiger partial charge < -0.3 is 0 Å². The van der Waals surface area contributed by atoms with Crippen LogP contribution in [0, 0.1) is 6.42 Å². The van der Waals surface area contributed by atoms with E-state index in [-0.39, 0.29) is 0 Å². The van der Waals surface area contributed by atoms with Crippen LogP contribution in [0.3, 0.4) is 0 Å². The first kappa shape index (κ1) is 15.1. The summed E-state index contributed by atoms with van der Waals surface area (Å²) in [5.41, 5.74) is 8.33. The van der Waals surface area contributed by atoms with Gasteiger partial charge in [-0.2, -0.15) is 0 Å². The van der Waals surface area contributed by atoms with Gasteiger partial charge in [-0.25, -0.2) is 0 Å². The summed E-state index contributed by atoms with van der Waals surface area (Å²) in [6, 6.07) is 15.8. The average Bonchev–Trinajstić information content (AvgIpc) is 2.99. The molecule has 0 amide bonds. The van der Waals surface area contributed by atoms with E-state index < -0.39 is 0 Å². The molecule has 0 nitrogen and oxygen atoms in total. The highest BCUT2D eigenvalue weighted by atomic mass is 14.2. The highest BCUT2D eigenvalue weighted by molar-refractivity contribution is 5.83. The predicted octanol–water partition coefficient (Wildman–Crippen LogP) is 6.45. The summed E-state index contributed by atoms with van der Waals surface area (Å²) in [5, 5.41) is 0. The minimum Gasteiger partial charge on any atom is -0.0654 e. The van der Waals surface area contributed by atoms with Crippen molar-refractivity contribution in [3.63, 3.8) is 0 Å². The lowest BCUT2D eigenvalue weighted by Crippen LogP contribution is -1.88. The number of allylic oxidation sites excluding steroid dienone is 1. The van der Waals surface area contributed by atoms with E-state index in [0.29, 0.717) is 0 Å². The lowest BCUT2D eigenvalue weighted by atomic mass is 9.96. The van der Waals surface area contributed by atoms with Crippen molar-refractivity contribution in [2.45, 2.75) is 46.0 Å². The molecule has 22 heavy (non-hydrogen) atoms. The van der Waals surface area contributed by atoms with Crippen LogP contribution >= 0.6 is 0 Å². The molecule has 1 aliphatic rings. The molecule has 1 aliphatic carbocycles. The fourth-order valence-corrected chi connectivity index (χ4v) is 3.18. The van der Waals surface area contributed by atoms with E-state index in [1.54, 1.807) is 0 Å². The van der Waals surface area contributed by atoms with E-state index in [4.69, 9.17) is 0 Å². The van der Waals surface area contributed by atoms with Crippen LogP contribution in [0.2, 0.25) is 0 Å². The number of benzene rings is 2. The summed E-state index contributed by atoms with van der Waals surface area (Å²) in [7, 11) is 0. The first-order valence-corrected chi connectivity index (χ1v) is 8.59. The maximum absolute atomic E-state index is 2.35. The Hall–Kier alpha value is -1.82. The molecule has 2 aromatic rings. The average molecular weight is 289 g/mol. The number of hydrogen-bond acceptors (Lipinski definition) is 0. The lowest BCUT2D eigenvalue weighted by molar-refractivity contribution is 0.717. The second kappa shape index (κ2) is 6.96. The molecule has 3 rings (SSSR count). The summed E-state index contributed by atoms with van der Waals surface area (Å²) in [6.45, 7) is 4.48. The van der Waals surface area contributed by atoms with Gasteiger partial charge in [-0.05, 0) is 47.1 Å². The van der Waals surface area contributed by atoms with Crippen molar-refractivity contribution in [3.8, 4) is 11.1 Å². The number of aryl methyl sites for hydroxylation is 1. The zero-order valence-corrected chi connectivity index (χ0v) is 13.7. The molecule has 0 N–H and O–H groups in total. The Morgan fingerprint density at radius 3 is 2.41 bits per heavy atom. The van der Waals surface area contributed by atoms with Crippen LogP contribution in [0.4, 0.5) is 0 Å². The van der Waals surface area contributed by atoms with Crippen molar-refractivity contribution in [1.29, 1.82) is 0 Å². The molecule has 0 fully saturated rings. The fraction of sp³-hybridized carbons (Fsp3) is 0.318. The quantitative estimate of drug-likeness (QED) is 0.536. The van der Waals surface area contributed by atoms with Gasteiger partial charge in [0.05, 0.1) is 0 Å². The van der Waals surface area contributed by atoms with Crippen molar-refractivity contribution in [3.05, 3.63) is 71.1 Å². The van der Waals surface area contributed by atoms with Crippen molar-refractivity contribution >= 4 is 6.08 Å². The summed E-state index contributed by atoms with van der Waals surface area (Å²) in [5.74, 6) is 0. The largest absolute Gasteiger partial charge is 0.0654 e. The van der Waals surface area contributed by atoms with Gasteiger partial charge in [0.1, 0.15) is 0 Å². The van der Waals surface area contributed by atoms with Gasteiger partial charge in [0.2, 0.25) is 0 Å². The van der Waals surface area contributed by atoms with E-state index in [1.807, 2.05) is 0 Å². The van der Waals surface area contributed by atoms with Crippen molar-refractivity contribution < 1.29 is 0 Å². The van der Waals surface area contributed by atoms with Crippen LogP contribution in [0.15, 0.2) is 48.0 Å². The van der Waals surface area contributed by atoms with Crippen LogP contribution in [-0.2, 0) is 6.42 Å². The molecule has 113 valence electrons. The molecule has 0 bridgehead atoms. The smallest absolute Gasteiger partial charge is 0.0164 e. The molecule has 2 aromatic carbocycles. The summed E-state index contributed by atoms with van der Waals surface area (Å²) >= 11 is 0. The van der Waals surface area contributed by atoms with Crippen LogP contribution in [0.5, 0.6) is 0 Å². The Morgan fingerprint density at radius 1 is 0.864 bits per heavy atom. The van der Waals surface area contributed by atoms with Gasteiger partial charge in [0.25, 0.3) is 0 Å². The molecular weight excluding hydrogens is 264 g/mol. The normalized spacial score (nSPS) is 13.1. The Bertz CT molecular complexity index is 659. The van der Waals surface area contributed by atoms with E-state index in [1.165, 1.54) is 59.1 Å². The Kier molecular flexibility index (Phi) is 4.77. The molecule has 0 saturated carbocycles. The second-order valence-electron chi connectivity index (χ2n) is 6.18. The number of rotatable bonds is 6. The number of unbranched alkanes of at least 4 members (excludes halogenated alkanes) is 2. The van der Waals surface area contributed by atoms with E-state index in [0.717, 1.165) is 6.42 Å². The van der Waals surface area contributed by atoms with Gasteiger partial charge in [-0.1, -0.05) is 80.8 Å². The highest BCUT2D eigenvalue weighted by Gasteiger charge is 2.15. The minimum atomic E-state index is 1.10. The lowest BCUT2D eigenvalue weighted by Gasteiger charge is -2.09. The topological polar surface area (TPSA) is 0 Å². The second-order valence-corrected chi connectivity index (χ2v) is 6.18. The van der Waals surface area contributed by atoms with Crippen LogP contribution in [-0.4, -0.2) is 0 Å². The zero-order chi connectivity index (χ0) is 15.4. The fourth-order valence-electron chi connectivity index (χ4n) is 3.18. The Balaban J connectivity index is 1.84. The highest BCUT2D eigenvalue weighted by Crippen LogP contribution is 2.36. The van der Waals surface area contributed by atoms with Crippen LogP contribution in [0.25, 0.3) is 17.2 Å². The SMILES string of the molecule is CCCCCc1ccc(-c2cccc3c2C=C(CC)[CH]3)cc1. The van der Waals surface area contributed by atoms with Crippen LogP contribution in [0.1, 0.15) is 56.2 Å². The van der Waals surface area contributed by atoms with Gasteiger partial charge in [0, 0.05) is 6.42 Å². The minimum absolute atomic E-state index is 1.10. The standard InChI is InChI=1S/C22H25/c1-3-5-6-8-18-11-13-19(14-12-18)21-10-7-9-20-15-17(4-2)16-22(20)21/h7,9-16H,3-6,8H2,1-2H3. The molecule has 0 unspecified atom stereocenters. The molecule has 0 heteroatoms. The molecule has 0 saturated heterocycles. The van der Waals surface area contributed by atoms with Crippen LogP contribution < -0.4 is 0 Å². The first-order valence-electron chi connectivity index (χ1n) is 8.59. The van der Waals surface area contributed by atoms with Gasteiger partial charge in [-0.3, -0.25) is 0 Å². The molecule has 1 radical (unpaired) electrons. The summed E-state index contributed by atoms with van der Waals surface area (Å²) < 4.78 is 0. The maximum atomic E-state index is 2.35. The maximum Gasteiger partial charge on any atom is 0.0164 e. The summed E-state index contributed by atoms with van der Waals surface area (Å²) in [4.78, 5) is 0. The van der Waals surface area contributed by atoms with Crippen molar-refractivity contribution in [2.75, 3.05) is 0 Å². The molecular formula is C22H25. The third kappa shape index (κ3) is 3.16. The number of fused-ring (bicyclic) bond motifs is 1. The number of hydrogen-bond donors (Lipinski definition) is 0. The van der Waals surface area contributed by atoms with Gasteiger partial charge >= 0.3 is 0 Å². The first-order chi connectivity index (χ1) is 10.8. The summed E-state index contributed by atoms with van der Waals surface area (Å²) in [6.07, 6.45) is 10.9. The third-order valence-electron chi connectivity index (χ3n) is 4.55. The van der Waals surface area contributed by atoms with Crippen molar-refractivity contribution in [2.24, 2.45) is 0 Å². The predicted molar refractivity (Wildman–Crippen MR) is 96.8 cm³/mol. The molecule has 0 aliphatic heterocycles. The molecule has 0 atom stereocenters. The Morgan fingerprint density at radius 2 is 1.68 bits per heavy atom. The molecule has 0 spiro atoms. The molecule has 0 heterocycles. The van der Waals surface area contributed by atoms with E-state index in [2.05, 4.69) is 68.8 Å². The van der Waals surface area contributed by atoms with Crippen molar-refractivity contribution in [1.82, 2.24) is 0 Å². The third-order valence-corrected chi connectivity index (χ3v) is 4.55. The zero-order valence-electron chi connectivity index (χ0n) is 13.7. The van der Waals surface area contributed by atoms with E-state index >= 15 is 0 Å². The Labute approximate surface area is 134 Å². The van der Waals surface area contributed by atoms with Gasteiger partial charge in [0.15, 0.2) is 0 Å². The van der Waals surface area contributed by atoms with Gasteiger partial charge in [-0.15, -0.1) is 0 Å². The molecule has 0 aromatic heterocycles. The monoisotopic (exact) mass is 289 g/mol.